The molecule has 0 fully saturated rings. The van der Waals surface area contributed by atoms with Crippen LogP contribution in [-0.4, -0.2) is 24.2 Å². The lowest BCUT2D eigenvalue weighted by Gasteiger charge is -2.09. The number of carbonyl (C=O) groups excluding carboxylic acids is 1. The first-order valence-corrected chi connectivity index (χ1v) is 7.38. The number of rotatable bonds is 6. The smallest absolute Gasteiger partial charge is 0.320 e. The first-order chi connectivity index (χ1) is 10.6. The number of nitrogens with zero attached hydrogens (tertiary/aromatic N) is 1. The lowest BCUT2D eigenvalue weighted by atomic mass is 10.3. The van der Waals surface area contributed by atoms with E-state index in [9.17, 15) is 4.79 Å². The number of aryl methyl sites for hydroxylation is 1. The summed E-state index contributed by atoms with van der Waals surface area (Å²) in [5, 5.41) is 6.01. The molecule has 2 N–H and O–H groups in total. The van der Waals surface area contributed by atoms with Crippen molar-refractivity contribution in [3.05, 3.63) is 53.2 Å². The van der Waals surface area contributed by atoms with Crippen LogP contribution in [0.3, 0.4) is 0 Å². The molecule has 1 aromatic carbocycles. The van der Waals surface area contributed by atoms with Crippen LogP contribution in [0, 0.1) is 6.92 Å². The van der Waals surface area contributed by atoms with E-state index in [1.807, 2.05) is 31.2 Å². The van der Waals surface area contributed by atoms with Crippen molar-refractivity contribution in [2.24, 2.45) is 0 Å². The molecule has 22 heavy (non-hydrogen) atoms. The predicted molar refractivity (Wildman–Crippen MR) is 87.6 cm³/mol. The third-order valence-electron chi connectivity index (χ3n) is 2.86. The summed E-state index contributed by atoms with van der Waals surface area (Å²) in [5.74, 6) is 1.18. The van der Waals surface area contributed by atoms with Crippen molar-refractivity contribution in [3.63, 3.8) is 0 Å². The van der Waals surface area contributed by atoms with Gasteiger partial charge in [-0.05, 0) is 43.2 Å². The van der Waals surface area contributed by atoms with Gasteiger partial charge in [-0.15, -0.1) is 0 Å². The Kier molecular flexibility index (Phi) is 6.03. The van der Waals surface area contributed by atoms with Crippen molar-refractivity contribution in [2.75, 3.05) is 18.5 Å². The van der Waals surface area contributed by atoms with Gasteiger partial charge in [0.05, 0.1) is 11.6 Å². The highest BCUT2D eigenvalue weighted by Crippen LogP contribution is 2.22. The highest BCUT2D eigenvalue weighted by atomic mass is 35.5. The zero-order valence-corrected chi connectivity index (χ0v) is 13.1. The van der Waals surface area contributed by atoms with Crippen molar-refractivity contribution in [1.29, 1.82) is 0 Å². The van der Waals surface area contributed by atoms with Gasteiger partial charge in [-0.1, -0.05) is 23.7 Å². The van der Waals surface area contributed by atoms with Gasteiger partial charge in [0, 0.05) is 12.7 Å². The molecular weight excluding hydrogens is 302 g/mol. The average Bonchev–Trinajstić information content (AvgIpc) is 2.48. The van der Waals surface area contributed by atoms with Gasteiger partial charge in [0.15, 0.2) is 0 Å². The van der Waals surface area contributed by atoms with Gasteiger partial charge in [0.25, 0.3) is 0 Å². The molecule has 5 nitrogen and oxygen atoms in total. The van der Waals surface area contributed by atoms with Crippen LogP contribution in [0.1, 0.15) is 12.0 Å². The van der Waals surface area contributed by atoms with E-state index < -0.39 is 0 Å². The maximum Gasteiger partial charge on any atom is 0.320 e. The fourth-order valence-electron chi connectivity index (χ4n) is 1.78. The molecular formula is C16H18ClN3O2. The molecule has 6 heteroatoms. The minimum Gasteiger partial charge on any atom is -0.492 e. The number of carbonyl (C=O) groups is 1. The number of benzene rings is 1. The van der Waals surface area contributed by atoms with Crippen molar-refractivity contribution < 1.29 is 9.53 Å². The van der Waals surface area contributed by atoms with Crippen molar-refractivity contribution in [2.45, 2.75) is 13.3 Å². The second-order valence-corrected chi connectivity index (χ2v) is 5.14. The van der Waals surface area contributed by atoms with Crippen LogP contribution in [0.25, 0.3) is 0 Å². The molecule has 0 saturated carbocycles. The van der Waals surface area contributed by atoms with Crippen molar-refractivity contribution in [3.8, 4) is 5.75 Å². The third-order valence-corrected chi connectivity index (χ3v) is 3.17. The van der Waals surface area contributed by atoms with E-state index in [-0.39, 0.29) is 6.03 Å². The Balaban J connectivity index is 1.64. The minimum absolute atomic E-state index is 0.282. The topological polar surface area (TPSA) is 63.2 Å². The van der Waals surface area contributed by atoms with Gasteiger partial charge in [-0.2, -0.15) is 0 Å². The third kappa shape index (κ3) is 5.26. The summed E-state index contributed by atoms with van der Waals surface area (Å²) >= 11 is 5.98. The Hall–Kier alpha value is -2.27. The number of pyridine rings is 1. The number of aromatic nitrogens is 1. The van der Waals surface area contributed by atoms with Crippen LogP contribution in [0.15, 0.2) is 42.6 Å². The van der Waals surface area contributed by atoms with Crippen molar-refractivity contribution >= 4 is 23.4 Å². The number of para-hydroxylation sites is 1. The summed E-state index contributed by atoms with van der Waals surface area (Å²) in [6.45, 7) is 2.92. The molecule has 0 atom stereocenters. The summed E-state index contributed by atoms with van der Waals surface area (Å²) in [7, 11) is 0. The summed E-state index contributed by atoms with van der Waals surface area (Å²) in [6.07, 6.45) is 2.34. The molecule has 0 aliphatic carbocycles. The van der Waals surface area contributed by atoms with Crippen molar-refractivity contribution in [1.82, 2.24) is 10.3 Å². The van der Waals surface area contributed by atoms with E-state index in [0.717, 1.165) is 5.56 Å². The van der Waals surface area contributed by atoms with E-state index in [4.69, 9.17) is 16.3 Å². The van der Waals surface area contributed by atoms with E-state index in [1.54, 1.807) is 18.3 Å². The standard InChI is InChI=1S/C16H18ClN3O2/c1-12-7-9-18-15(11-12)20-16(21)19-8-4-10-22-14-6-3-2-5-13(14)17/h2-3,5-7,9,11H,4,8,10H2,1H3,(H2,18,19,20,21). The molecule has 2 amide bonds. The largest absolute Gasteiger partial charge is 0.492 e. The fourth-order valence-corrected chi connectivity index (χ4v) is 1.97. The maximum atomic E-state index is 11.7. The molecule has 0 spiro atoms. The predicted octanol–water partition coefficient (Wildman–Crippen LogP) is 3.63. The van der Waals surface area contributed by atoms with E-state index in [2.05, 4.69) is 15.6 Å². The Bertz CT molecular complexity index is 634. The van der Waals surface area contributed by atoms with Crippen LogP contribution in [0.2, 0.25) is 5.02 Å². The number of halogens is 1. The molecule has 0 saturated heterocycles. The molecule has 0 radical (unpaired) electrons. The van der Waals surface area contributed by atoms with E-state index in [1.165, 1.54) is 0 Å². The molecule has 116 valence electrons. The quantitative estimate of drug-likeness (QED) is 0.799. The van der Waals surface area contributed by atoms with Crippen LogP contribution in [0.5, 0.6) is 5.75 Å². The van der Waals surface area contributed by atoms with Crippen LogP contribution in [0.4, 0.5) is 10.6 Å². The van der Waals surface area contributed by atoms with Crippen LogP contribution >= 0.6 is 11.6 Å². The van der Waals surface area contributed by atoms with Gasteiger partial charge < -0.3 is 10.1 Å². The van der Waals surface area contributed by atoms with E-state index >= 15 is 0 Å². The number of nitrogens with one attached hydrogen (secondary N) is 2. The summed E-state index contributed by atoms with van der Waals surface area (Å²) in [6, 6.07) is 10.7. The van der Waals surface area contributed by atoms with Crippen LogP contribution in [-0.2, 0) is 0 Å². The van der Waals surface area contributed by atoms with Gasteiger partial charge in [0.1, 0.15) is 11.6 Å². The molecule has 0 aliphatic heterocycles. The minimum atomic E-state index is -0.282. The number of anilines is 1. The molecule has 2 aromatic rings. The Morgan fingerprint density at radius 2 is 2.14 bits per heavy atom. The molecule has 2 rings (SSSR count). The number of urea groups is 1. The van der Waals surface area contributed by atoms with Gasteiger partial charge in [-0.3, -0.25) is 5.32 Å². The summed E-state index contributed by atoms with van der Waals surface area (Å²) < 4.78 is 5.54. The summed E-state index contributed by atoms with van der Waals surface area (Å²) in [4.78, 5) is 15.7. The number of hydrogen-bond donors (Lipinski definition) is 2. The second-order valence-electron chi connectivity index (χ2n) is 4.73. The Morgan fingerprint density at radius 3 is 2.91 bits per heavy atom. The number of amides is 2. The normalized spacial score (nSPS) is 10.1. The second kappa shape index (κ2) is 8.24. The fraction of sp³-hybridized carbons (Fsp3) is 0.250. The maximum absolute atomic E-state index is 11.7. The zero-order valence-electron chi connectivity index (χ0n) is 12.3. The van der Waals surface area contributed by atoms with Gasteiger partial charge in [0.2, 0.25) is 0 Å². The SMILES string of the molecule is Cc1ccnc(NC(=O)NCCCOc2ccccc2Cl)c1. The first-order valence-electron chi connectivity index (χ1n) is 7.00. The Morgan fingerprint density at radius 1 is 1.32 bits per heavy atom. The monoisotopic (exact) mass is 319 g/mol. The average molecular weight is 320 g/mol. The van der Waals surface area contributed by atoms with E-state index in [0.29, 0.717) is 36.2 Å². The highest BCUT2D eigenvalue weighted by Gasteiger charge is 2.03. The first kappa shape index (κ1) is 16.1. The molecule has 0 bridgehead atoms. The van der Waals surface area contributed by atoms with Crippen LogP contribution < -0.4 is 15.4 Å². The molecule has 0 unspecified atom stereocenters. The molecule has 1 aromatic heterocycles. The zero-order chi connectivity index (χ0) is 15.8. The van der Waals surface area contributed by atoms with Gasteiger partial charge in [-0.25, -0.2) is 9.78 Å². The lowest BCUT2D eigenvalue weighted by Crippen LogP contribution is -2.30. The Labute approximate surface area is 134 Å². The summed E-state index contributed by atoms with van der Waals surface area (Å²) in [5.41, 5.74) is 1.04. The highest BCUT2D eigenvalue weighted by molar-refractivity contribution is 6.32. The number of hydrogen-bond acceptors (Lipinski definition) is 3. The molecule has 0 aliphatic rings. The van der Waals surface area contributed by atoms with Gasteiger partial charge >= 0.3 is 6.03 Å². The molecule has 1 heterocycles. The lowest BCUT2D eigenvalue weighted by molar-refractivity contribution is 0.250. The number of ether oxygens (including phenoxy) is 1.